The number of rotatable bonds is 6. The molecule has 0 aliphatic rings. The Morgan fingerprint density at radius 3 is 2.78 bits per heavy atom. The van der Waals surface area contributed by atoms with Crippen LogP contribution in [0, 0.1) is 5.82 Å². The monoisotopic (exact) mass is 263 g/mol. The van der Waals surface area contributed by atoms with E-state index in [1.807, 2.05) is 6.07 Å². The van der Waals surface area contributed by atoms with Crippen molar-refractivity contribution in [3.63, 3.8) is 0 Å². The number of aromatic nitrogens is 2. The van der Waals surface area contributed by atoms with Gasteiger partial charge in [-0.25, -0.2) is 14.4 Å². The largest absolute Gasteiger partial charge is 0.353 e. The number of nitrogens with zero attached hydrogens (tertiary/aromatic N) is 2. The van der Waals surface area contributed by atoms with Crippen molar-refractivity contribution in [3.8, 4) is 0 Å². The molecule has 0 aliphatic heterocycles. The van der Waals surface area contributed by atoms with Crippen LogP contribution in [0.25, 0.3) is 0 Å². The first kappa shape index (κ1) is 12.8. The predicted octanol–water partition coefficient (Wildman–Crippen LogP) is 2.96. The summed E-state index contributed by atoms with van der Waals surface area (Å²) >= 11 is 1.75. The van der Waals surface area contributed by atoms with Gasteiger partial charge in [0.15, 0.2) is 0 Å². The molecule has 0 spiro atoms. The van der Waals surface area contributed by atoms with Crippen LogP contribution >= 0.6 is 11.8 Å². The fraction of sp³-hybridized carbons (Fsp3) is 0.231. The summed E-state index contributed by atoms with van der Waals surface area (Å²) in [5.41, 5.74) is 1.01. The second kappa shape index (κ2) is 6.96. The van der Waals surface area contributed by atoms with E-state index >= 15 is 0 Å². The lowest BCUT2D eigenvalue weighted by Crippen LogP contribution is -2.06. The fourth-order valence-electron chi connectivity index (χ4n) is 1.44. The van der Waals surface area contributed by atoms with Crippen molar-refractivity contribution in [1.29, 1.82) is 0 Å². The average molecular weight is 263 g/mol. The highest BCUT2D eigenvalue weighted by molar-refractivity contribution is 7.98. The summed E-state index contributed by atoms with van der Waals surface area (Å²) in [6.45, 7) is 0.796. The van der Waals surface area contributed by atoms with Gasteiger partial charge in [-0.2, -0.15) is 11.8 Å². The summed E-state index contributed by atoms with van der Waals surface area (Å²) in [5.74, 6) is 2.21. The summed E-state index contributed by atoms with van der Waals surface area (Å²) in [6, 6.07) is 8.48. The van der Waals surface area contributed by atoms with Gasteiger partial charge < -0.3 is 5.32 Å². The minimum absolute atomic E-state index is 0.177. The van der Waals surface area contributed by atoms with Crippen molar-refractivity contribution in [2.45, 2.75) is 5.75 Å². The van der Waals surface area contributed by atoms with Crippen molar-refractivity contribution in [1.82, 2.24) is 9.97 Å². The molecule has 0 atom stereocenters. The summed E-state index contributed by atoms with van der Waals surface area (Å²) in [6.07, 6.45) is 3.41. The van der Waals surface area contributed by atoms with Crippen LogP contribution in [0.15, 0.2) is 42.7 Å². The SMILES string of the molecule is Fc1cccc(CSCCNc2ncccn2)c1. The molecule has 18 heavy (non-hydrogen) atoms. The van der Waals surface area contributed by atoms with E-state index < -0.39 is 0 Å². The van der Waals surface area contributed by atoms with E-state index in [0.717, 1.165) is 23.6 Å². The Morgan fingerprint density at radius 1 is 1.17 bits per heavy atom. The first-order chi connectivity index (χ1) is 8.84. The zero-order chi connectivity index (χ0) is 12.6. The van der Waals surface area contributed by atoms with E-state index in [0.29, 0.717) is 5.95 Å². The Balaban J connectivity index is 1.65. The third-order valence-electron chi connectivity index (χ3n) is 2.25. The second-order valence-corrected chi connectivity index (χ2v) is 4.79. The molecule has 5 heteroatoms. The molecule has 1 N–H and O–H groups in total. The number of halogens is 1. The van der Waals surface area contributed by atoms with Gasteiger partial charge in [0.2, 0.25) is 5.95 Å². The lowest BCUT2D eigenvalue weighted by molar-refractivity contribution is 0.626. The molecule has 0 amide bonds. The lowest BCUT2D eigenvalue weighted by atomic mass is 10.2. The van der Waals surface area contributed by atoms with Gasteiger partial charge in [0, 0.05) is 30.4 Å². The van der Waals surface area contributed by atoms with Crippen molar-refractivity contribution in [2.24, 2.45) is 0 Å². The Hall–Kier alpha value is -1.62. The molecule has 0 fully saturated rings. The van der Waals surface area contributed by atoms with Gasteiger partial charge >= 0.3 is 0 Å². The molecule has 0 saturated carbocycles. The molecule has 1 aromatic heterocycles. The Bertz CT molecular complexity index is 479. The molecule has 3 nitrogen and oxygen atoms in total. The topological polar surface area (TPSA) is 37.8 Å². The Labute approximate surface area is 110 Å². The van der Waals surface area contributed by atoms with Gasteiger partial charge in [-0.05, 0) is 23.8 Å². The number of nitrogens with one attached hydrogen (secondary N) is 1. The van der Waals surface area contributed by atoms with E-state index in [-0.39, 0.29) is 5.82 Å². The number of hydrogen-bond donors (Lipinski definition) is 1. The fourth-order valence-corrected chi connectivity index (χ4v) is 2.25. The molecular weight excluding hydrogens is 249 g/mol. The molecule has 0 radical (unpaired) electrons. The van der Waals surface area contributed by atoms with Crippen molar-refractivity contribution < 1.29 is 4.39 Å². The third-order valence-corrected chi connectivity index (χ3v) is 3.28. The van der Waals surface area contributed by atoms with E-state index in [2.05, 4.69) is 15.3 Å². The maximum Gasteiger partial charge on any atom is 0.222 e. The van der Waals surface area contributed by atoms with Crippen LogP contribution in [0.4, 0.5) is 10.3 Å². The predicted molar refractivity (Wildman–Crippen MR) is 73.1 cm³/mol. The highest BCUT2D eigenvalue weighted by Gasteiger charge is 1.96. The van der Waals surface area contributed by atoms with E-state index in [9.17, 15) is 4.39 Å². The lowest BCUT2D eigenvalue weighted by Gasteiger charge is -2.04. The van der Waals surface area contributed by atoms with Crippen LogP contribution in [0.3, 0.4) is 0 Å². The number of benzene rings is 1. The number of thioether (sulfide) groups is 1. The van der Waals surface area contributed by atoms with Crippen LogP contribution in [0.1, 0.15) is 5.56 Å². The minimum atomic E-state index is -0.177. The van der Waals surface area contributed by atoms with Crippen molar-refractivity contribution in [3.05, 3.63) is 54.1 Å². The van der Waals surface area contributed by atoms with Crippen LogP contribution < -0.4 is 5.32 Å². The maximum atomic E-state index is 12.9. The van der Waals surface area contributed by atoms with Crippen LogP contribution in [-0.4, -0.2) is 22.3 Å². The Kier molecular flexibility index (Phi) is 4.96. The normalized spacial score (nSPS) is 10.3. The minimum Gasteiger partial charge on any atom is -0.353 e. The van der Waals surface area contributed by atoms with E-state index in [1.165, 1.54) is 6.07 Å². The van der Waals surface area contributed by atoms with Gasteiger partial charge in [-0.1, -0.05) is 12.1 Å². The van der Waals surface area contributed by atoms with Crippen LogP contribution in [0.2, 0.25) is 0 Å². The second-order valence-electron chi connectivity index (χ2n) is 3.68. The zero-order valence-electron chi connectivity index (χ0n) is 9.84. The zero-order valence-corrected chi connectivity index (χ0v) is 10.7. The third kappa shape index (κ3) is 4.33. The van der Waals surface area contributed by atoms with Crippen LogP contribution in [0.5, 0.6) is 0 Å². The Morgan fingerprint density at radius 2 is 2.00 bits per heavy atom. The van der Waals surface area contributed by atoms with Crippen molar-refractivity contribution >= 4 is 17.7 Å². The molecule has 2 rings (SSSR count). The van der Waals surface area contributed by atoms with Crippen LogP contribution in [-0.2, 0) is 5.75 Å². The average Bonchev–Trinajstić information content (AvgIpc) is 2.40. The molecule has 2 aromatic rings. The molecule has 1 heterocycles. The highest BCUT2D eigenvalue weighted by atomic mass is 32.2. The first-order valence-electron chi connectivity index (χ1n) is 5.68. The summed E-state index contributed by atoms with van der Waals surface area (Å²) in [4.78, 5) is 8.13. The first-order valence-corrected chi connectivity index (χ1v) is 6.83. The number of anilines is 1. The summed E-state index contributed by atoms with van der Waals surface area (Å²) < 4.78 is 12.9. The van der Waals surface area contributed by atoms with E-state index in [4.69, 9.17) is 0 Å². The molecule has 94 valence electrons. The van der Waals surface area contributed by atoms with E-state index in [1.54, 1.807) is 42.4 Å². The van der Waals surface area contributed by atoms with Gasteiger partial charge in [0.05, 0.1) is 0 Å². The number of hydrogen-bond acceptors (Lipinski definition) is 4. The van der Waals surface area contributed by atoms with Gasteiger partial charge in [0.1, 0.15) is 5.82 Å². The summed E-state index contributed by atoms with van der Waals surface area (Å²) in [7, 11) is 0. The molecular formula is C13H14FN3S. The quantitative estimate of drug-likeness (QED) is 0.813. The smallest absolute Gasteiger partial charge is 0.222 e. The highest BCUT2D eigenvalue weighted by Crippen LogP contribution is 2.12. The molecule has 0 bridgehead atoms. The van der Waals surface area contributed by atoms with Gasteiger partial charge in [-0.15, -0.1) is 0 Å². The molecule has 0 aliphatic carbocycles. The standard InChI is InChI=1S/C13H14FN3S/c14-12-4-1-3-11(9-12)10-18-8-7-17-13-15-5-2-6-16-13/h1-6,9H,7-8,10H2,(H,15,16,17). The van der Waals surface area contributed by atoms with Gasteiger partial charge in [-0.3, -0.25) is 0 Å². The molecule has 0 unspecified atom stereocenters. The maximum absolute atomic E-state index is 12.9. The van der Waals surface area contributed by atoms with Crippen molar-refractivity contribution in [2.75, 3.05) is 17.6 Å². The van der Waals surface area contributed by atoms with Gasteiger partial charge in [0.25, 0.3) is 0 Å². The summed E-state index contributed by atoms with van der Waals surface area (Å²) in [5, 5.41) is 3.13. The molecule has 0 saturated heterocycles. The molecule has 1 aromatic carbocycles.